The predicted octanol–water partition coefficient (Wildman–Crippen LogP) is 4.11. The molecule has 3 heterocycles. The molecule has 0 aliphatic heterocycles. The first-order valence-electron chi connectivity index (χ1n) is 6.79. The molecule has 4 rings (SSSR count). The predicted molar refractivity (Wildman–Crippen MR) is 95.9 cm³/mol. The molecule has 0 radical (unpaired) electrons. The van der Waals surface area contributed by atoms with E-state index in [1.165, 1.54) is 28.4 Å². The van der Waals surface area contributed by atoms with Gasteiger partial charge in [0.1, 0.15) is 15.9 Å². The summed E-state index contributed by atoms with van der Waals surface area (Å²) in [5.41, 5.74) is 1.15. The van der Waals surface area contributed by atoms with E-state index in [1.54, 1.807) is 24.3 Å². The molecule has 0 saturated heterocycles. The van der Waals surface area contributed by atoms with Crippen molar-refractivity contribution in [2.45, 2.75) is 0 Å². The molecule has 0 fully saturated rings. The van der Waals surface area contributed by atoms with Crippen molar-refractivity contribution in [3.8, 4) is 5.69 Å². The number of aromatic nitrogens is 3. The molecular formula is C16H7Cl2N3O2S. The largest absolute Gasteiger partial charge is 0.298 e. The molecule has 1 aromatic carbocycles. The number of hydrogen-bond donors (Lipinski definition) is 0. The Bertz CT molecular complexity index is 1170. The molecule has 118 valence electrons. The molecule has 0 saturated carbocycles. The summed E-state index contributed by atoms with van der Waals surface area (Å²) in [4.78, 5) is 33.0. The van der Waals surface area contributed by atoms with E-state index < -0.39 is 0 Å². The Morgan fingerprint density at radius 2 is 1.88 bits per heavy atom. The number of thiophene rings is 1. The van der Waals surface area contributed by atoms with Crippen molar-refractivity contribution >= 4 is 61.3 Å². The van der Waals surface area contributed by atoms with Crippen LogP contribution in [-0.4, -0.2) is 20.8 Å². The number of rotatable bonds is 2. The van der Waals surface area contributed by atoms with Crippen LogP contribution in [0.25, 0.3) is 26.1 Å². The molecule has 0 N–H and O–H groups in total. The van der Waals surface area contributed by atoms with Gasteiger partial charge in [-0.1, -0.05) is 23.2 Å². The second-order valence-corrected chi connectivity index (χ2v) is 6.81. The number of benzene rings is 1. The minimum Gasteiger partial charge on any atom is -0.298 e. The second kappa shape index (κ2) is 5.66. The van der Waals surface area contributed by atoms with Crippen molar-refractivity contribution in [3.05, 3.63) is 62.8 Å². The third-order valence-electron chi connectivity index (χ3n) is 3.61. The van der Waals surface area contributed by atoms with Gasteiger partial charge >= 0.3 is 0 Å². The van der Waals surface area contributed by atoms with E-state index >= 15 is 0 Å². The maximum absolute atomic E-state index is 12.8. The van der Waals surface area contributed by atoms with Crippen LogP contribution in [0.3, 0.4) is 0 Å². The zero-order valence-corrected chi connectivity index (χ0v) is 14.2. The number of carbonyl (C=O) groups excluding carboxylic acids is 1. The third kappa shape index (κ3) is 2.23. The van der Waals surface area contributed by atoms with Gasteiger partial charge in [0.25, 0.3) is 5.56 Å². The molecule has 4 aromatic rings. The minimum atomic E-state index is -0.228. The first-order chi connectivity index (χ1) is 11.6. The van der Waals surface area contributed by atoms with Crippen LogP contribution in [0.4, 0.5) is 0 Å². The molecule has 0 aliphatic rings. The highest BCUT2D eigenvalue weighted by atomic mass is 35.5. The van der Waals surface area contributed by atoms with Gasteiger partial charge in [0.2, 0.25) is 0 Å². The monoisotopic (exact) mass is 375 g/mol. The van der Waals surface area contributed by atoms with Crippen LogP contribution < -0.4 is 5.56 Å². The summed E-state index contributed by atoms with van der Waals surface area (Å²) in [5.74, 6) is 0. The van der Waals surface area contributed by atoms with E-state index in [4.69, 9.17) is 23.2 Å². The third-order valence-corrected chi connectivity index (χ3v) is 5.34. The topological polar surface area (TPSA) is 64.8 Å². The van der Waals surface area contributed by atoms with Crippen molar-refractivity contribution in [1.29, 1.82) is 0 Å². The van der Waals surface area contributed by atoms with Crippen LogP contribution in [0.1, 0.15) is 10.4 Å². The lowest BCUT2D eigenvalue weighted by Crippen LogP contribution is -2.17. The molecule has 0 aliphatic carbocycles. The minimum absolute atomic E-state index is 0.228. The van der Waals surface area contributed by atoms with Crippen LogP contribution >= 0.6 is 34.5 Å². The lowest BCUT2D eigenvalue weighted by molar-refractivity contribution is 0.112. The van der Waals surface area contributed by atoms with Gasteiger partial charge in [-0.2, -0.15) is 0 Å². The fourth-order valence-electron chi connectivity index (χ4n) is 2.44. The molecule has 0 amide bonds. The lowest BCUT2D eigenvalue weighted by Gasteiger charge is -2.05. The fourth-order valence-corrected chi connectivity index (χ4v) is 3.93. The number of halogens is 2. The number of pyridine rings is 1. The Kier molecular flexibility index (Phi) is 3.60. The van der Waals surface area contributed by atoms with Crippen molar-refractivity contribution in [2.75, 3.05) is 0 Å². The molecule has 0 spiro atoms. The average Bonchev–Trinajstić information content (AvgIpc) is 2.97. The summed E-state index contributed by atoms with van der Waals surface area (Å²) in [6, 6.07) is 6.88. The Morgan fingerprint density at radius 1 is 1.12 bits per heavy atom. The highest BCUT2D eigenvalue weighted by molar-refractivity contribution is 7.25. The van der Waals surface area contributed by atoms with Crippen LogP contribution in [-0.2, 0) is 0 Å². The SMILES string of the molecule is O=Cc1cnc2sc3c(=O)n(-c4ccc(Cl)cc4)cnc3c2c1Cl. The summed E-state index contributed by atoms with van der Waals surface area (Å²) in [7, 11) is 0. The number of aldehydes is 1. The molecule has 5 nitrogen and oxygen atoms in total. The molecule has 0 bridgehead atoms. The summed E-state index contributed by atoms with van der Waals surface area (Å²) < 4.78 is 1.86. The molecule has 0 atom stereocenters. The maximum Gasteiger partial charge on any atom is 0.275 e. The molecule has 8 heteroatoms. The number of hydrogen-bond acceptors (Lipinski definition) is 5. The van der Waals surface area contributed by atoms with Gasteiger partial charge < -0.3 is 0 Å². The van der Waals surface area contributed by atoms with Crippen LogP contribution in [0.5, 0.6) is 0 Å². The summed E-state index contributed by atoms with van der Waals surface area (Å²) in [6.07, 6.45) is 3.46. The summed E-state index contributed by atoms with van der Waals surface area (Å²) in [5, 5.41) is 1.37. The van der Waals surface area contributed by atoms with Gasteiger partial charge in [-0.05, 0) is 24.3 Å². The van der Waals surface area contributed by atoms with Gasteiger partial charge in [0.05, 0.1) is 27.2 Å². The average molecular weight is 376 g/mol. The fraction of sp³-hybridized carbons (Fsp3) is 0. The summed E-state index contributed by atoms with van der Waals surface area (Å²) >= 11 is 13.3. The molecule has 3 aromatic heterocycles. The lowest BCUT2D eigenvalue weighted by atomic mass is 10.2. The van der Waals surface area contributed by atoms with Gasteiger partial charge in [0, 0.05) is 11.2 Å². The van der Waals surface area contributed by atoms with E-state index in [9.17, 15) is 9.59 Å². The molecule has 24 heavy (non-hydrogen) atoms. The molecular weight excluding hydrogens is 369 g/mol. The smallest absolute Gasteiger partial charge is 0.275 e. The highest BCUT2D eigenvalue weighted by Crippen LogP contribution is 2.35. The van der Waals surface area contributed by atoms with E-state index in [0.717, 1.165) is 0 Å². The van der Waals surface area contributed by atoms with Crippen molar-refractivity contribution < 1.29 is 4.79 Å². The van der Waals surface area contributed by atoms with Crippen molar-refractivity contribution in [2.24, 2.45) is 0 Å². The van der Waals surface area contributed by atoms with Crippen LogP contribution in [0.15, 0.2) is 41.6 Å². The van der Waals surface area contributed by atoms with Crippen molar-refractivity contribution in [3.63, 3.8) is 0 Å². The Balaban J connectivity index is 2.05. The molecule has 0 unspecified atom stereocenters. The maximum atomic E-state index is 12.8. The zero-order valence-electron chi connectivity index (χ0n) is 11.9. The number of nitrogens with zero attached hydrogens (tertiary/aromatic N) is 3. The quantitative estimate of drug-likeness (QED) is 0.494. The van der Waals surface area contributed by atoms with Gasteiger partial charge in [-0.25, -0.2) is 9.97 Å². The summed E-state index contributed by atoms with van der Waals surface area (Å²) in [6.45, 7) is 0. The first kappa shape index (κ1) is 15.3. The van der Waals surface area contributed by atoms with Crippen LogP contribution in [0.2, 0.25) is 10.0 Å². The normalized spacial score (nSPS) is 11.2. The second-order valence-electron chi connectivity index (χ2n) is 5.00. The van der Waals surface area contributed by atoms with E-state index in [2.05, 4.69) is 9.97 Å². The number of carbonyl (C=O) groups is 1. The van der Waals surface area contributed by atoms with Gasteiger partial charge in [0.15, 0.2) is 6.29 Å². The van der Waals surface area contributed by atoms with Gasteiger partial charge in [-0.15, -0.1) is 11.3 Å². The van der Waals surface area contributed by atoms with E-state index in [-0.39, 0.29) is 16.1 Å². The Labute approximate surface area is 149 Å². The van der Waals surface area contributed by atoms with Crippen molar-refractivity contribution in [1.82, 2.24) is 14.5 Å². The highest BCUT2D eigenvalue weighted by Gasteiger charge is 2.17. The first-order valence-corrected chi connectivity index (χ1v) is 8.37. The zero-order chi connectivity index (χ0) is 16.8. The van der Waals surface area contributed by atoms with E-state index in [1.807, 2.05) is 0 Å². The van der Waals surface area contributed by atoms with Gasteiger partial charge in [-0.3, -0.25) is 14.2 Å². The Morgan fingerprint density at radius 3 is 2.58 bits per heavy atom. The number of fused-ring (bicyclic) bond motifs is 3. The van der Waals surface area contributed by atoms with Crippen LogP contribution in [0, 0.1) is 0 Å². The Hall–Kier alpha value is -2.28. The standard InChI is InChI=1S/C16H7Cl2N3O2S/c17-9-1-3-10(4-2-9)21-7-20-13-11-12(18)8(6-22)5-19-15(11)24-14(13)16(21)23/h1-7H. The van der Waals surface area contributed by atoms with E-state index in [0.29, 0.717) is 37.4 Å².